The number of carbonyl (C=O) groups is 2. The third-order valence-corrected chi connectivity index (χ3v) is 4.96. The minimum Gasteiger partial charge on any atom is -0.481 e. The van der Waals surface area contributed by atoms with E-state index >= 15 is 0 Å². The van der Waals surface area contributed by atoms with Crippen LogP contribution >= 0.6 is 0 Å². The summed E-state index contributed by atoms with van der Waals surface area (Å²) in [4.78, 5) is 21.6. The molecule has 8 heteroatoms. The lowest BCUT2D eigenvalue weighted by Gasteiger charge is -2.62. The maximum absolute atomic E-state index is 10.1. The Kier molecular flexibility index (Phi) is 7.82. The standard InChI is InChI=1S/C12H26N2O2.C4H6O4/c1-10(2)9-14(16)12(5,6)11(3,4)13(10)7-8-15;5-3(6)1-2-4(7)8/h15-16H,7-9H2,1-6H3;1-2H2,(H,5,6)(H,7,8). The van der Waals surface area contributed by atoms with Gasteiger partial charge in [0.2, 0.25) is 0 Å². The number of aliphatic carboxylic acids is 2. The number of aliphatic hydroxyl groups excluding tert-OH is 1. The van der Waals surface area contributed by atoms with Gasteiger partial charge in [0.1, 0.15) is 0 Å². The van der Waals surface area contributed by atoms with E-state index in [2.05, 4.69) is 32.6 Å². The van der Waals surface area contributed by atoms with Crippen LogP contribution in [0.5, 0.6) is 0 Å². The number of hydroxylamine groups is 2. The molecule has 142 valence electrons. The molecular weight excluding hydrogens is 316 g/mol. The van der Waals surface area contributed by atoms with E-state index in [0.717, 1.165) is 0 Å². The van der Waals surface area contributed by atoms with Crippen molar-refractivity contribution in [2.75, 3.05) is 19.7 Å². The van der Waals surface area contributed by atoms with Crippen LogP contribution in [0.15, 0.2) is 0 Å². The number of carboxylic acid groups (broad SMARTS) is 2. The van der Waals surface area contributed by atoms with Crippen LogP contribution in [-0.4, -0.2) is 78.7 Å². The van der Waals surface area contributed by atoms with Crippen molar-refractivity contribution in [2.24, 2.45) is 0 Å². The maximum atomic E-state index is 10.1. The normalized spacial score (nSPS) is 22.3. The summed E-state index contributed by atoms with van der Waals surface area (Å²) >= 11 is 0. The highest BCUT2D eigenvalue weighted by atomic mass is 16.5. The summed E-state index contributed by atoms with van der Waals surface area (Å²) in [5.41, 5.74) is -0.680. The van der Waals surface area contributed by atoms with Crippen LogP contribution in [-0.2, 0) is 9.59 Å². The van der Waals surface area contributed by atoms with Gasteiger partial charge in [-0.3, -0.25) is 14.5 Å². The van der Waals surface area contributed by atoms with E-state index in [0.29, 0.717) is 13.1 Å². The minimum absolute atomic E-state index is 0.142. The maximum Gasteiger partial charge on any atom is 0.303 e. The Bertz CT molecular complexity index is 434. The molecule has 1 aliphatic rings. The number of nitrogens with zero attached hydrogens (tertiary/aromatic N) is 2. The Balaban J connectivity index is 0.000000561. The molecule has 1 fully saturated rings. The van der Waals surface area contributed by atoms with Gasteiger partial charge in [-0.1, -0.05) is 0 Å². The summed E-state index contributed by atoms with van der Waals surface area (Å²) < 4.78 is 0. The number of carboxylic acids is 2. The molecule has 1 saturated heterocycles. The molecule has 0 aliphatic carbocycles. The molecule has 8 nitrogen and oxygen atoms in total. The second-order valence-corrected chi connectivity index (χ2v) is 7.65. The Morgan fingerprint density at radius 2 is 1.33 bits per heavy atom. The highest BCUT2D eigenvalue weighted by Crippen LogP contribution is 2.41. The molecule has 0 spiro atoms. The van der Waals surface area contributed by atoms with E-state index in [4.69, 9.17) is 10.2 Å². The topological polar surface area (TPSA) is 122 Å². The molecule has 0 saturated carbocycles. The van der Waals surface area contributed by atoms with Crippen LogP contribution in [0.2, 0.25) is 0 Å². The summed E-state index contributed by atoms with van der Waals surface area (Å²) in [6.07, 6.45) is -0.593. The van der Waals surface area contributed by atoms with Crippen molar-refractivity contribution in [3.8, 4) is 0 Å². The van der Waals surface area contributed by atoms with Gasteiger partial charge in [-0.2, -0.15) is 5.06 Å². The van der Waals surface area contributed by atoms with E-state index in [1.54, 1.807) is 0 Å². The molecule has 0 amide bonds. The van der Waals surface area contributed by atoms with E-state index in [9.17, 15) is 19.9 Å². The van der Waals surface area contributed by atoms with Crippen LogP contribution in [0.4, 0.5) is 0 Å². The van der Waals surface area contributed by atoms with Crippen molar-refractivity contribution in [1.29, 1.82) is 0 Å². The monoisotopic (exact) mass is 348 g/mol. The predicted molar refractivity (Wildman–Crippen MR) is 89.0 cm³/mol. The third-order valence-electron chi connectivity index (χ3n) is 4.96. The number of aliphatic hydroxyl groups is 1. The minimum atomic E-state index is -1.08. The third kappa shape index (κ3) is 5.41. The van der Waals surface area contributed by atoms with Crippen LogP contribution in [0.3, 0.4) is 0 Å². The van der Waals surface area contributed by atoms with Crippen molar-refractivity contribution < 1.29 is 30.1 Å². The number of hydrogen-bond acceptors (Lipinski definition) is 6. The van der Waals surface area contributed by atoms with Crippen LogP contribution in [0.25, 0.3) is 0 Å². The number of β-amino-alcohol motifs (C(OH)–C–C–N with tert-alkyl or cyclic N) is 1. The van der Waals surface area contributed by atoms with Gasteiger partial charge in [-0.15, -0.1) is 0 Å². The quantitative estimate of drug-likeness (QED) is 0.586. The number of piperazine rings is 1. The van der Waals surface area contributed by atoms with E-state index < -0.39 is 11.9 Å². The molecule has 1 heterocycles. The van der Waals surface area contributed by atoms with Gasteiger partial charge in [-0.25, -0.2) is 0 Å². The molecule has 1 rings (SSSR count). The molecule has 0 radical (unpaired) electrons. The van der Waals surface area contributed by atoms with Crippen LogP contribution in [0, 0.1) is 0 Å². The van der Waals surface area contributed by atoms with Crippen LogP contribution in [0.1, 0.15) is 54.4 Å². The largest absolute Gasteiger partial charge is 0.481 e. The lowest BCUT2D eigenvalue weighted by Crippen LogP contribution is -2.76. The lowest BCUT2D eigenvalue weighted by molar-refractivity contribution is -0.265. The van der Waals surface area contributed by atoms with Gasteiger partial charge in [0, 0.05) is 24.2 Å². The van der Waals surface area contributed by atoms with Gasteiger partial charge >= 0.3 is 11.9 Å². The zero-order chi connectivity index (χ0) is 19.3. The molecule has 1 aliphatic heterocycles. The first kappa shape index (κ1) is 22.8. The average Bonchev–Trinajstić information content (AvgIpc) is 2.40. The predicted octanol–water partition coefficient (Wildman–Crippen LogP) is 1.26. The van der Waals surface area contributed by atoms with Crippen molar-refractivity contribution in [2.45, 2.75) is 71.0 Å². The van der Waals surface area contributed by atoms with Crippen molar-refractivity contribution >= 4 is 11.9 Å². The summed E-state index contributed by atoms with van der Waals surface area (Å²) in [6, 6.07) is 0. The smallest absolute Gasteiger partial charge is 0.303 e. The highest BCUT2D eigenvalue weighted by molar-refractivity contribution is 5.75. The Morgan fingerprint density at radius 3 is 1.67 bits per heavy atom. The molecule has 4 N–H and O–H groups in total. The van der Waals surface area contributed by atoms with Gasteiger partial charge in [0.15, 0.2) is 0 Å². The fraction of sp³-hybridized carbons (Fsp3) is 0.875. The zero-order valence-corrected chi connectivity index (χ0v) is 15.5. The van der Waals surface area contributed by atoms with E-state index in [1.807, 2.05) is 13.8 Å². The summed E-state index contributed by atoms with van der Waals surface area (Å²) in [7, 11) is 0. The van der Waals surface area contributed by atoms with Crippen molar-refractivity contribution in [3.05, 3.63) is 0 Å². The van der Waals surface area contributed by atoms with Gasteiger partial charge in [0.25, 0.3) is 0 Å². The Labute approximate surface area is 143 Å². The molecule has 24 heavy (non-hydrogen) atoms. The fourth-order valence-electron chi connectivity index (χ4n) is 2.95. The first-order chi connectivity index (χ1) is 10.7. The number of hydrogen-bond donors (Lipinski definition) is 4. The summed E-state index contributed by atoms with van der Waals surface area (Å²) in [6.45, 7) is 13.9. The molecule has 0 aromatic heterocycles. The van der Waals surface area contributed by atoms with Crippen molar-refractivity contribution in [1.82, 2.24) is 9.96 Å². The summed E-state index contributed by atoms with van der Waals surface area (Å²) in [5.74, 6) is -2.15. The molecular formula is C16H32N2O6. The van der Waals surface area contributed by atoms with Gasteiger partial charge in [-0.05, 0) is 41.5 Å². The van der Waals surface area contributed by atoms with E-state index in [-0.39, 0.29) is 36.1 Å². The fourth-order valence-corrected chi connectivity index (χ4v) is 2.95. The molecule has 0 aromatic rings. The SMILES string of the molecule is CC1(C)CN(O)C(C)(C)C(C)(C)N1CCO.O=C(O)CCC(=O)O. The molecule has 0 unspecified atom stereocenters. The first-order valence-electron chi connectivity index (χ1n) is 7.99. The van der Waals surface area contributed by atoms with E-state index in [1.165, 1.54) is 5.06 Å². The second-order valence-electron chi connectivity index (χ2n) is 7.65. The Hall–Kier alpha value is -1.22. The highest BCUT2D eigenvalue weighted by Gasteiger charge is 2.54. The Morgan fingerprint density at radius 1 is 0.917 bits per heavy atom. The van der Waals surface area contributed by atoms with Crippen LogP contribution < -0.4 is 0 Å². The van der Waals surface area contributed by atoms with Gasteiger partial charge < -0.3 is 20.5 Å². The molecule has 0 bridgehead atoms. The molecule has 0 aromatic carbocycles. The second kappa shape index (κ2) is 8.24. The lowest BCUT2D eigenvalue weighted by atomic mass is 9.74. The molecule has 0 atom stereocenters. The van der Waals surface area contributed by atoms with Gasteiger partial charge in [0.05, 0.1) is 25.0 Å². The number of rotatable bonds is 5. The summed E-state index contributed by atoms with van der Waals surface area (Å²) in [5, 5.41) is 36.6. The first-order valence-corrected chi connectivity index (χ1v) is 7.99. The average molecular weight is 348 g/mol. The van der Waals surface area contributed by atoms with Crippen molar-refractivity contribution in [3.63, 3.8) is 0 Å². The zero-order valence-electron chi connectivity index (χ0n) is 15.5.